The van der Waals surface area contributed by atoms with Crippen LogP contribution in [0.1, 0.15) is 51.4 Å². The average molecular weight is 784 g/mol. The van der Waals surface area contributed by atoms with E-state index in [0.717, 1.165) is 0 Å². The van der Waals surface area contributed by atoms with E-state index in [4.69, 9.17) is 49.4 Å². The highest BCUT2D eigenvalue weighted by Crippen LogP contribution is 2.30. The van der Waals surface area contributed by atoms with E-state index < -0.39 is 118 Å². The first-order valence-corrected chi connectivity index (χ1v) is 18.1. The van der Waals surface area contributed by atoms with Gasteiger partial charge in [0.15, 0.2) is 18.9 Å². The largest absolute Gasteiger partial charge is 0.481 e. The molecule has 15 atom stereocenters. The first kappa shape index (κ1) is 46.2. The number of hydrogen-bond donors (Lipinski definition) is 10. The summed E-state index contributed by atoms with van der Waals surface area (Å²) in [6.45, 7) is -1.30. The standard InChI is InChI=1S/C34H57NO19/c1-3-12-35-21(37)10-6-4-8-13-48-30-19(53-32(47-2)28(45)25(30)42)16-51-34-29(46)26(43)31(49-14-9-5-7-11-22(38)39)20(54-34)17-50-33-27(44)24(41)23(40)18(15-36)52-33/h1,18-20,23-34,36,40-46H,4-17H2,2H3,(H,35,37)(H,38,39)/t18-,19-,20-,23-,24+,25-,26-,27-,28-,29-,30-,31-,32+,33+,34+/m1/s1. The maximum absolute atomic E-state index is 11.8. The van der Waals surface area contributed by atoms with Crippen LogP contribution in [0, 0.1) is 12.3 Å². The number of aliphatic carboxylic acids is 1. The Kier molecular flexibility index (Phi) is 20.4. The van der Waals surface area contributed by atoms with Crippen molar-refractivity contribution in [2.24, 2.45) is 0 Å². The van der Waals surface area contributed by atoms with Gasteiger partial charge in [0.25, 0.3) is 0 Å². The highest BCUT2D eigenvalue weighted by atomic mass is 16.7. The second-order valence-electron chi connectivity index (χ2n) is 13.3. The van der Waals surface area contributed by atoms with Crippen LogP contribution in [0.25, 0.3) is 0 Å². The number of terminal acetylenes is 1. The summed E-state index contributed by atoms with van der Waals surface area (Å²) >= 11 is 0. The van der Waals surface area contributed by atoms with Gasteiger partial charge in [-0.25, -0.2) is 0 Å². The highest BCUT2D eigenvalue weighted by Gasteiger charge is 2.50. The summed E-state index contributed by atoms with van der Waals surface area (Å²) in [6, 6.07) is 0. The molecule has 54 heavy (non-hydrogen) atoms. The molecular weight excluding hydrogens is 726 g/mol. The molecule has 0 aromatic carbocycles. The van der Waals surface area contributed by atoms with Crippen molar-refractivity contribution in [1.82, 2.24) is 5.32 Å². The third-order valence-corrected chi connectivity index (χ3v) is 9.30. The molecule has 20 heteroatoms. The number of nitrogens with one attached hydrogen (secondary N) is 1. The molecule has 3 heterocycles. The molecule has 3 rings (SSSR count). The summed E-state index contributed by atoms with van der Waals surface area (Å²) in [4.78, 5) is 22.6. The molecule has 0 aromatic heterocycles. The van der Waals surface area contributed by atoms with Crippen LogP contribution in [0.4, 0.5) is 0 Å². The van der Waals surface area contributed by atoms with Crippen molar-refractivity contribution < 1.29 is 93.4 Å². The number of hydrogen-bond acceptors (Lipinski definition) is 18. The molecule has 0 aromatic rings. The van der Waals surface area contributed by atoms with E-state index in [0.29, 0.717) is 38.5 Å². The fraction of sp³-hybridized carbons (Fsp3) is 0.882. The topological polar surface area (TPSA) is 302 Å². The van der Waals surface area contributed by atoms with Crippen LogP contribution in [0.3, 0.4) is 0 Å². The number of methoxy groups -OCH3 is 1. The van der Waals surface area contributed by atoms with Crippen molar-refractivity contribution in [3.8, 4) is 12.3 Å². The highest BCUT2D eigenvalue weighted by molar-refractivity contribution is 5.76. The fourth-order valence-corrected chi connectivity index (χ4v) is 6.20. The van der Waals surface area contributed by atoms with Crippen LogP contribution < -0.4 is 5.32 Å². The van der Waals surface area contributed by atoms with Crippen molar-refractivity contribution in [3.63, 3.8) is 0 Å². The Balaban J connectivity index is 1.66. The molecule has 0 radical (unpaired) electrons. The lowest BCUT2D eigenvalue weighted by molar-refractivity contribution is -0.345. The van der Waals surface area contributed by atoms with E-state index in [9.17, 15) is 50.4 Å². The summed E-state index contributed by atoms with van der Waals surface area (Å²) in [5.74, 6) is 1.20. The fourth-order valence-electron chi connectivity index (χ4n) is 6.20. The lowest BCUT2D eigenvalue weighted by Gasteiger charge is -2.45. The van der Waals surface area contributed by atoms with Crippen molar-refractivity contribution in [1.29, 1.82) is 0 Å². The quantitative estimate of drug-likeness (QED) is 0.0350. The predicted octanol–water partition coefficient (Wildman–Crippen LogP) is -3.92. The Morgan fingerprint density at radius 3 is 1.61 bits per heavy atom. The van der Waals surface area contributed by atoms with Crippen LogP contribution in [-0.2, 0) is 47.5 Å². The number of unbranched alkanes of at least 4 members (excludes halogenated alkanes) is 4. The molecule has 0 saturated carbocycles. The van der Waals surface area contributed by atoms with Gasteiger partial charge in [-0.3, -0.25) is 9.59 Å². The van der Waals surface area contributed by atoms with Crippen LogP contribution in [0.2, 0.25) is 0 Å². The third-order valence-electron chi connectivity index (χ3n) is 9.30. The molecule has 0 spiro atoms. The van der Waals surface area contributed by atoms with E-state index >= 15 is 0 Å². The SMILES string of the molecule is C#CCNC(=O)CCCCCO[C@H]1[C@H](O)[C@@H](O)[C@@H](OC)O[C@@H]1CO[C@H]1O[C@H](CO[C@H]2O[C@H](CO)[C@@H](O)[C@H](O)[C@H]2O)[C@@H](OCCCCCC(=O)O)[C@H](O)[C@H]1O. The summed E-state index contributed by atoms with van der Waals surface area (Å²) in [5, 5.41) is 95.4. The van der Waals surface area contributed by atoms with Gasteiger partial charge in [-0.15, -0.1) is 6.42 Å². The zero-order chi connectivity index (χ0) is 39.8. The second-order valence-corrected chi connectivity index (χ2v) is 13.3. The lowest BCUT2D eigenvalue weighted by Crippen LogP contribution is -2.63. The van der Waals surface area contributed by atoms with Gasteiger partial charge in [0, 0.05) is 33.2 Å². The minimum atomic E-state index is -1.74. The minimum Gasteiger partial charge on any atom is -0.481 e. The van der Waals surface area contributed by atoms with E-state index in [1.54, 1.807) is 0 Å². The van der Waals surface area contributed by atoms with Gasteiger partial charge in [-0.1, -0.05) is 18.8 Å². The van der Waals surface area contributed by atoms with Crippen LogP contribution in [-0.4, -0.2) is 197 Å². The number of carbonyl (C=O) groups excluding carboxylic acids is 1. The smallest absolute Gasteiger partial charge is 0.303 e. The zero-order valence-corrected chi connectivity index (χ0v) is 30.2. The van der Waals surface area contributed by atoms with Crippen molar-refractivity contribution in [3.05, 3.63) is 0 Å². The molecule has 3 aliphatic rings. The molecule has 10 N–H and O–H groups in total. The van der Waals surface area contributed by atoms with Crippen LogP contribution in [0.15, 0.2) is 0 Å². The van der Waals surface area contributed by atoms with E-state index in [1.165, 1.54) is 7.11 Å². The summed E-state index contributed by atoms with van der Waals surface area (Å²) in [7, 11) is 1.26. The molecule has 3 saturated heterocycles. The van der Waals surface area contributed by atoms with Gasteiger partial charge < -0.3 is 89.2 Å². The summed E-state index contributed by atoms with van der Waals surface area (Å²) in [5.41, 5.74) is 0. The molecule has 1 amide bonds. The van der Waals surface area contributed by atoms with Gasteiger partial charge in [-0.05, 0) is 25.7 Å². The molecule has 312 valence electrons. The molecule has 0 bridgehead atoms. The second kappa shape index (κ2) is 23.8. The first-order valence-electron chi connectivity index (χ1n) is 18.1. The number of carboxylic acid groups (broad SMARTS) is 1. The monoisotopic (exact) mass is 783 g/mol. The Labute approximate surface area is 313 Å². The Morgan fingerprint density at radius 2 is 1.11 bits per heavy atom. The number of rotatable bonds is 23. The van der Waals surface area contributed by atoms with E-state index in [-0.39, 0.29) is 38.5 Å². The first-order chi connectivity index (χ1) is 25.8. The molecule has 0 unspecified atom stereocenters. The number of carboxylic acids is 1. The number of aliphatic hydroxyl groups excluding tert-OH is 8. The summed E-state index contributed by atoms with van der Waals surface area (Å²) in [6.07, 6.45) is -13.4. The number of aliphatic hydroxyl groups is 8. The predicted molar refractivity (Wildman–Crippen MR) is 180 cm³/mol. The van der Waals surface area contributed by atoms with Crippen LogP contribution >= 0.6 is 0 Å². The van der Waals surface area contributed by atoms with Crippen molar-refractivity contribution >= 4 is 11.9 Å². The van der Waals surface area contributed by atoms with E-state index in [1.807, 2.05) is 0 Å². The van der Waals surface area contributed by atoms with Crippen molar-refractivity contribution in [2.45, 2.75) is 143 Å². The molecule has 3 fully saturated rings. The van der Waals surface area contributed by atoms with Crippen LogP contribution in [0.5, 0.6) is 0 Å². The third kappa shape index (κ3) is 13.5. The summed E-state index contributed by atoms with van der Waals surface area (Å²) < 4.78 is 45.6. The maximum Gasteiger partial charge on any atom is 0.303 e. The normalized spacial score (nSPS) is 37.1. The maximum atomic E-state index is 11.8. The Hall–Kier alpha value is -2.14. The molecule has 0 aliphatic carbocycles. The number of carbonyl (C=O) groups is 2. The zero-order valence-electron chi connectivity index (χ0n) is 30.2. The Morgan fingerprint density at radius 1 is 0.630 bits per heavy atom. The molecule has 20 nitrogen and oxygen atoms in total. The van der Waals surface area contributed by atoms with Gasteiger partial charge in [0.2, 0.25) is 5.91 Å². The Bertz CT molecular complexity index is 1140. The molecule has 3 aliphatic heterocycles. The van der Waals surface area contributed by atoms with Gasteiger partial charge >= 0.3 is 5.97 Å². The average Bonchev–Trinajstić information content (AvgIpc) is 3.15. The van der Waals surface area contributed by atoms with Gasteiger partial charge in [-0.2, -0.15) is 0 Å². The van der Waals surface area contributed by atoms with E-state index in [2.05, 4.69) is 11.2 Å². The van der Waals surface area contributed by atoms with Gasteiger partial charge in [0.1, 0.15) is 73.2 Å². The molecular formula is C34H57NO19. The van der Waals surface area contributed by atoms with Gasteiger partial charge in [0.05, 0.1) is 26.4 Å². The van der Waals surface area contributed by atoms with Crippen molar-refractivity contribution in [2.75, 3.05) is 46.7 Å². The number of ether oxygens (including phenoxy) is 8. The minimum absolute atomic E-state index is 0.0333. The number of amides is 1. The lowest BCUT2D eigenvalue weighted by atomic mass is 9.97.